The first-order chi connectivity index (χ1) is 7.11. The molecular formula is C8H3Br4N3. The van der Waals surface area contributed by atoms with Crippen molar-refractivity contribution in [2.45, 2.75) is 0 Å². The molecule has 0 spiro atoms. The molecule has 7 heteroatoms. The molecule has 1 heterocycles. The van der Waals surface area contributed by atoms with Crippen LogP contribution in [0.2, 0.25) is 0 Å². The molecule has 1 aromatic carbocycles. The van der Waals surface area contributed by atoms with E-state index in [1.165, 1.54) is 0 Å². The monoisotopic (exact) mass is 457 g/mol. The Labute approximate surface area is 120 Å². The summed E-state index contributed by atoms with van der Waals surface area (Å²) in [6.45, 7) is 0. The van der Waals surface area contributed by atoms with Gasteiger partial charge in [0.1, 0.15) is 5.69 Å². The molecule has 1 aromatic heterocycles. The van der Waals surface area contributed by atoms with Crippen molar-refractivity contribution in [1.29, 1.82) is 0 Å². The number of hydrogen-bond donors (Lipinski definition) is 1. The summed E-state index contributed by atoms with van der Waals surface area (Å²) in [7, 11) is 0. The predicted octanol–water partition coefficient (Wildman–Crippen LogP) is 4.52. The fourth-order valence-electron chi connectivity index (χ4n) is 1.09. The van der Waals surface area contributed by atoms with Crippen molar-refractivity contribution >= 4 is 63.7 Å². The summed E-state index contributed by atoms with van der Waals surface area (Å²) in [6.07, 6.45) is 1.67. The van der Waals surface area contributed by atoms with Gasteiger partial charge in [-0.1, -0.05) is 0 Å². The van der Waals surface area contributed by atoms with Crippen molar-refractivity contribution in [3.05, 3.63) is 30.2 Å². The second kappa shape index (κ2) is 4.65. The minimum atomic E-state index is 0.788. The minimum Gasteiger partial charge on any atom is -0.197 e. The third-order valence-corrected chi connectivity index (χ3v) is 6.46. The molecule has 0 aliphatic rings. The fourth-order valence-corrected chi connectivity index (χ4v) is 3.31. The van der Waals surface area contributed by atoms with E-state index in [0.717, 1.165) is 29.1 Å². The lowest BCUT2D eigenvalue weighted by molar-refractivity contribution is 0.942. The zero-order chi connectivity index (χ0) is 11.0. The Morgan fingerprint density at radius 1 is 1.00 bits per heavy atom. The van der Waals surface area contributed by atoms with Crippen LogP contribution < -0.4 is 0 Å². The zero-order valence-corrected chi connectivity index (χ0v) is 13.4. The molecule has 0 atom stereocenters. The number of nitrogens with zero attached hydrogens (tertiary/aromatic N) is 2. The molecule has 0 saturated heterocycles. The number of H-pyrrole nitrogens is 1. The van der Waals surface area contributed by atoms with Crippen molar-refractivity contribution in [1.82, 2.24) is 15.4 Å². The molecule has 0 saturated carbocycles. The molecule has 0 bridgehead atoms. The van der Waals surface area contributed by atoms with E-state index in [1.807, 2.05) is 6.07 Å². The van der Waals surface area contributed by atoms with Gasteiger partial charge in [-0.15, -0.1) is 0 Å². The van der Waals surface area contributed by atoms with Gasteiger partial charge in [-0.3, -0.25) is 0 Å². The SMILES string of the molecule is Brc1cc(-c2cn[nH]n2)c(Br)c(Br)c1Br. The van der Waals surface area contributed by atoms with Gasteiger partial charge in [0, 0.05) is 23.5 Å². The van der Waals surface area contributed by atoms with Crippen LogP contribution in [0.1, 0.15) is 0 Å². The average molecular weight is 461 g/mol. The number of nitrogens with one attached hydrogen (secondary N) is 1. The quantitative estimate of drug-likeness (QED) is 0.502. The average Bonchev–Trinajstić information content (AvgIpc) is 2.73. The number of hydrogen-bond acceptors (Lipinski definition) is 2. The van der Waals surface area contributed by atoms with Gasteiger partial charge in [0.15, 0.2) is 0 Å². The molecule has 0 aliphatic carbocycles. The van der Waals surface area contributed by atoms with Crippen LogP contribution in [0.4, 0.5) is 0 Å². The van der Waals surface area contributed by atoms with Crippen LogP contribution in [0.5, 0.6) is 0 Å². The maximum absolute atomic E-state index is 4.04. The Kier molecular flexibility index (Phi) is 3.64. The van der Waals surface area contributed by atoms with Gasteiger partial charge in [0.25, 0.3) is 0 Å². The first-order valence-corrected chi connectivity index (χ1v) is 6.97. The Morgan fingerprint density at radius 3 is 2.33 bits per heavy atom. The summed E-state index contributed by atoms with van der Waals surface area (Å²) in [4.78, 5) is 0. The van der Waals surface area contributed by atoms with Crippen molar-refractivity contribution in [3.63, 3.8) is 0 Å². The highest BCUT2D eigenvalue weighted by Crippen LogP contribution is 2.42. The van der Waals surface area contributed by atoms with E-state index in [4.69, 9.17) is 0 Å². The Hall–Kier alpha value is 0.280. The largest absolute Gasteiger partial charge is 0.197 e. The summed E-state index contributed by atoms with van der Waals surface area (Å²) in [5, 5.41) is 10.4. The number of rotatable bonds is 1. The second-order valence-corrected chi connectivity index (χ2v) is 5.94. The molecule has 0 radical (unpaired) electrons. The molecule has 2 rings (SSSR count). The highest BCUT2D eigenvalue weighted by molar-refractivity contribution is 9.15. The summed E-state index contributed by atoms with van der Waals surface area (Å²) >= 11 is 13.9. The van der Waals surface area contributed by atoms with E-state index in [-0.39, 0.29) is 0 Å². The lowest BCUT2D eigenvalue weighted by Gasteiger charge is -2.07. The first kappa shape index (κ1) is 11.8. The summed E-state index contributed by atoms with van der Waals surface area (Å²) in [5.41, 5.74) is 1.75. The van der Waals surface area contributed by atoms with Gasteiger partial charge in [0.05, 0.1) is 6.20 Å². The smallest absolute Gasteiger partial charge is 0.114 e. The molecule has 1 N–H and O–H groups in total. The van der Waals surface area contributed by atoms with Crippen LogP contribution in [-0.4, -0.2) is 15.4 Å². The van der Waals surface area contributed by atoms with Crippen molar-refractivity contribution in [2.24, 2.45) is 0 Å². The van der Waals surface area contributed by atoms with Crippen LogP contribution in [0.3, 0.4) is 0 Å². The second-order valence-electron chi connectivity index (χ2n) is 2.70. The minimum absolute atomic E-state index is 0.788. The standard InChI is InChI=1S/C8H3Br4N3/c9-4-1-3(5-2-13-15-14-5)6(10)8(12)7(4)11/h1-2H,(H,13,14,15). The number of benzene rings is 1. The van der Waals surface area contributed by atoms with Gasteiger partial charge in [-0.25, -0.2) is 0 Å². The zero-order valence-electron chi connectivity index (χ0n) is 7.06. The maximum atomic E-state index is 4.04. The highest BCUT2D eigenvalue weighted by atomic mass is 79.9. The van der Waals surface area contributed by atoms with E-state index < -0.39 is 0 Å². The maximum Gasteiger partial charge on any atom is 0.114 e. The Bertz CT molecular complexity index is 495. The third-order valence-electron chi connectivity index (χ3n) is 1.79. The van der Waals surface area contributed by atoms with E-state index in [9.17, 15) is 0 Å². The van der Waals surface area contributed by atoms with Crippen LogP contribution in [-0.2, 0) is 0 Å². The first-order valence-electron chi connectivity index (χ1n) is 3.80. The molecular weight excluding hydrogens is 458 g/mol. The lowest BCUT2D eigenvalue weighted by Crippen LogP contribution is -1.84. The highest BCUT2D eigenvalue weighted by Gasteiger charge is 2.14. The molecule has 15 heavy (non-hydrogen) atoms. The topological polar surface area (TPSA) is 41.6 Å². The summed E-state index contributed by atoms with van der Waals surface area (Å²) < 4.78 is 3.79. The van der Waals surface area contributed by atoms with E-state index in [0.29, 0.717) is 0 Å². The number of aromatic amines is 1. The number of aromatic nitrogens is 3. The molecule has 2 aromatic rings. The molecule has 0 unspecified atom stereocenters. The van der Waals surface area contributed by atoms with Crippen molar-refractivity contribution < 1.29 is 0 Å². The Morgan fingerprint density at radius 2 is 1.73 bits per heavy atom. The number of halogens is 4. The fraction of sp³-hybridized carbons (Fsp3) is 0. The normalized spacial score (nSPS) is 10.7. The molecule has 0 aliphatic heterocycles. The van der Waals surface area contributed by atoms with Gasteiger partial charge >= 0.3 is 0 Å². The lowest BCUT2D eigenvalue weighted by atomic mass is 10.2. The predicted molar refractivity (Wildman–Crippen MR) is 72.6 cm³/mol. The molecule has 0 fully saturated rings. The van der Waals surface area contributed by atoms with Crippen LogP contribution in [0, 0.1) is 0 Å². The Balaban J connectivity index is 2.69. The van der Waals surface area contributed by atoms with Gasteiger partial charge < -0.3 is 0 Å². The van der Waals surface area contributed by atoms with E-state index in [1.54, 1.807) is 6.20 Å². The van der Waals surface area contributed by atoms with Crippen LogP contribution in [0.25, 0.3) is 11.3 Å². The summed E-state index contributed by atoms with van der Waals surface area (Å²) in [5.74, 6) is 0. The summed E-state index contributed by atoms with van der Waals surface area (Å²) in [6, 6.07) is 1.97. The van der Waals surface area contributed by atoms with E-state index in [2.05, 4.69) is 79.1 Å². The van der Waals surface area contributed by atoms with Gasteiger partial charge in [-0.05, 0) is 69.8 Å². The van der Waals surface area contributed by atoms with Crippen molar-refractivity contribution in [3.8, 4) is 11.3 Å². The molecule has 3 nitrogen and oxygen atoms in total. The van der Waals surface area contributed by atoms with Gasteiger partial charge in [-0.2, -0.15) is 15.4 Å². The van der Waals surface area contributed by atoms with Gasteiger partial charge in [0.2, 0.25) is 0 Å². The van der Waals surface area contributed by atoms with E-state index >= 15 is 0 Å². The van der Waals surface area contributed by atoms with Crippen LogP contribution >= 0.6 is 63.7 Å². The molecule has 0 amide bonds. The van der Waals surface area contributed by atoms with Crippen molar-refractivity contribution in [2.75, 3.05) is 0 Å². The third kappa shape index (κ3) is 2.20. The van der Waals surface area contributed by atoms with Crippen LogP contribution in [0.15, 0.2) is 30.2 Å². The molecule has 78 valence electrons.